The van der Waals surface area contributed by atoms with Crippen molar-refractivity contribution in [3.05, 3.63) is 90.3 Å². The molecule has 9 heteroatoms. The molecule has 0 saturated carbocycles. The maximum absolute atomic E-state index is 12.8. The maximum Gasteiger partial charge on any atom is 0.234 e. The van der Waals surface area contributed by atoms with Crippen LogP contribution in [-0.2, 0) is 4.79 Å². The number of carbonyl (C=O) groups excluding carboxylic acids is 1. The van der Waals surface area contributed by atoms with Gasteiger partial charge >= 0.3 is 0 Å². The molecule has 0 radical (unpaired) electrons. The van der Waals surface area contributed by atoms with E-state index in [0.29, 0.717) is 27.2 Å². The summed E-state index contributed by atoms with van der Waals surface area (Å²) in [7, 11) is 0. The van der Waals surface area contributed by atoms with Crippen molar-refractivity contribution in [3.8, 4) is 17.1 Å². The lowest BCUT2D eigenvalue weighted by Crippen LogP contribution is -2.15. The summed E-state index contributed by atoms with van der Waals surface area (Å²) in [6, 6.07) is 20.8. The van der Waals surface area contributed by atoms with E-state index in [2.05, 4.69) is 25.5 Å². The third-order valence-corrected chi connectivity index (χ3v) is 6.15. The number of carbonyl (C=O) groups is 1. The van der Waals surface area contributed by atoms with Gasteiger partial charge in [0.15, 0.2) is 11.0 Å². The minimum Gasteiger partial charge on any atom is -0.323 e. The Hall–Kier alpha value is -3.75. The number of halogens is 1. The Morgan fingerprint density at radius 2 is 1.82 bits per heavy atom. The Morgan fingerprint density at radius 3 is 2.64 bits per heavy atom. The van der Waals surface area contributed by atoms with Crippen LogP contribution in [-0.4, -0.2) is 36.4 Å². The van der Waals surface area contributed by atoms with Crippen LogP contribution in [0.3, 0.4) is 0 Å². The van der Waals surface area contributed by atoms with Gasteiger partial charge < -0.3 is 5.32 Å². The number of fused-ring (bicyclic) bond motifs is 1. The van der Waals surface area contributed by atoms with Crippen molar-refractivity contribution in [1.82, 2.24) is 24.7 Å². The molecule has 3 heterocycles. The molecule has 0 aliphatic rings. The number of nitrogens with zero attached hydrogens (tertiary/aromatic N) is 5. The fraction of sp³-hybridized carbons (Fsp3) is 0.0417. The fourth-order valence-electron chi connectivity index (χ4n) is 3.41. The first-order chi connectivity index (χ1) is 16.2. The Bertz CT molecular complexity index is 1430. The van der Waals surface area contributed by atoms with E-state index in [4.69, 9.17) is 11.6 Å². The number of anilines is 1. The van der Waals surface area contributed by atoms with Gasteiger partial charge in [-0.05, 0) is 48.5 Å². The van der Waals surface area contributed by atoms with Gasteiger partial charge in [-0.25, -0.2) is 0 Å². The molecule has 0 fully saturated rings. The summed E-state index contributed by atoms with van der Waals surface area (Å²) in [5.74, 6) is 0.625. The molecule has 0 saturated heterocycles. The van der Waals surface area contributed by atoms with Gasteiger partial charge in [-0.3, -0.25) is 19.3 Å². The lowest BCUT2D eigenvalue weighted by atomic mass is 10.2. The van der Waals surface area contributed by atoms with Crippen LogP contribution in [0, 0.1) is 0 Å². The average molecular weight is 473 g/mol. The number of hydrogen-bond acceptors (Lipinski definition) is 6. The lowest BCUT2D eigenvalue weighted by Gasteiger charge is -2.11. The van der Waals surface area contributed by atoms with Gasteiger partial charge in [-0.15, -0.1) is 10.2 Å². The first kappa shape index (κ1) is 21.1. The zero-order valence-corrected chi connectivity index (χ0v) is 18.8. The molecular formula is C24H17ClN6OS. The highest BCUT2D eigenvalue weighted by molar-refractivity contribution is 7.99. The normalized spacial score (nSPS) is 10.9. The quantitative estimate of drug-likeness (QED) is 0.339. The molecule has 0 aliphatic heterocycles. The molecule has 0 unspecified atom stereocenters. The SMILES string of the molecule is O=C(CSc1nnc(-c2cccnc2)n1-c1ccccc1)Nc1ccc(Cl)c2cccnc12. The van der Waals surface area contributed by atoms with Crippen molar-refractivity contribution in [1.29, 1.82) is 0 Å². The standard InChI is InChI=1S/C24H17ClN6OS/c25-19-10-11-20(22-18(19)9-5-13-27-22)28-21(32)15-33-24-30-29-23(16-6-4-12-26-14-16)31(24)17-7-2-1-3-8-17/h1-14H,15H2,(H,28,32). The second kappa shape index (κ2) is 9.40. The number of benzene rings is 2. The monoisotopic (exact) mass is 472 g/mol. The Kier molecular flexibility index (Phi) is 6.01. The van der Waals surface area contributed by atoms with Crippen LogP contribution in [0.2, 0.25) is 5.02 Å². The van der Waals surface area contributed by atoms with Gasteiger partial charge in [0.05, 0.1) is 22.0 Å². The van der Waals surface area contributed by atoms with Gasteiger partial charge in [0.25, 0.3) is 0 Å². The molecule has 0 spiro atoms. The summed E-state index contributed by atoms with van der Waals surface area (Å²) in [5.41, 5.74) is 3.00. The maximum atomic E-state index is 12.8. The number of hydrogen-bond donors (Lipinski definition) is 1. The highest BCUT2D eigenvalue weighted by Gasteiger charge is 2.18. The zero-order chi connectivity index (χ0) is 22.6. The van der Waals surface area contributed by atoms with Gasteiger partial charge in [0.2, 0.25) is 5.91 Å². The number of para-hydroxylation sites is 1. The first-order valence-electron chi connectivity index (χ1n) is 10.1. The predicted octanol–water partition coefficient (Wildman–Crippen LogP) is 5.26. The van der Waals surface area contributed by atoms with E-state index < -0.39 is 0 Å². The number of thioether (sulfide) groups is 1. The molecule has 33 heavy (non-hydrogen) atoms. The smallest absolute Gasteiger partial charge is 0.234 e. The molecule has 5 rings (SSSR count). The molecule has 0 aliphatic carbocycles. The van der Waals surface area contributed by atoms with Crippen molar-refractivity contribution in [3.63, 3.8) is 0 Å². The van der Waals surface area contributed by atoms with Crippen molar-refractivity contribution in [2.24, 2.45) is 0 Å². The minimum absolute atomic E-state index is 0.148. The second-order valence-electron chi connectivity index (χ2n) is 7.05. The molecule has 7 nitrogen and oxygen atoms in total. The van der Waals surface area contributed by atoms with E-state index in [1.807, 2.05) is 59.2 Å². The highest BCUT2D eigenvalue weighted by Crippen LogP contribution is 2.30. The van der Waals surface area contributed by atoms with Crippen molar-refractivity contribution in [2.45, 2.75) is 5.16 Å². The number of nitrogens with one attached hydrogen (secondary N) is 1. The number of aromatic nitrogens is 5. The molecule has 2 aromatic carbocycles. The molecular weight excluding hydrogens is 456 g/mol. The van der Waals surface area contributed by atoms with Gasteiger partial charge in [-0.1, -0.05) is 41.6 Å². The molecule has 0 bridgehead atoms. The number of amides is 1. The van der Waals surface area contributed by atoms with Crippen LogP contribution < -0.4 is 5.32 Å². The Labute approximate surface area is 198 Å². The van der Waals surface area contributed by atoms with Crippen molar-refractivity contribution in [2.75, 3.05) is 11.1 Å². The summed E-state index contributed by atoms with van der Waals surface area (Å²) < 4.78 is 1.92. The Balaban J connectivity index is 1.40. The first-order valence-corrected chi connectivity index (χ1v) is 11.4. The van der Waals surface area contributed by atoms with E-state index in [9.17, 15) is 4.79 Å². The van der Waals surface area contributed by atoms with Crippen LogP contribution >= 0.6 is 23.4 Å². The summed E-state index contributed by atoms with van der Waals surface area (Å²) in [4.78, 5) is 21.3. The lowest BCUT2D eigenvalue weighted by molar-refractivity contribution is -0.113. The second-order valence-corrected chi connectivity index (χ2v) is 8.40. The van der Waals surface area contributed by atoms with Gasteiger partial charge in [-0.2, -0.15) is 0 Å². The van der Waals surface area contributed by atoms with E-state index in [1.54, 1.807) is 30.7 Å². The van der Waals surface area contributed by atoms with Gasteiger partial charge in [0, 0.05) is 35.2 Å². The number of pyridine rings is 2. The topological polar surface area (TPSA) is 85.6 Å². The third-order valence-electron chi connectivity index (χ3n) is 4.89. The molecule has 5 aromatic rings. The molecule has 3 aromatic heterocycles. The minimum atomic E-state index is -0.181. The molecule has 1 N–H and O–H groups in total. The Morgan fingerprint density at radius 1 is 0.970 bits per heavy atom. The number of rotatable bonds is 6. The molecule has 0 atom stereocenters. The van der Waals surface area contributed by atoms with Crippen LogP contribution in [0.4, 0.5) is 5.69 Å². The summed E-state index contributed by atoms with van der Waals surface area (Å²) in [6.45, 7) is 0. The van der Waals surface area contributed by atoms with Gasteiger partial charge in [0.1, 0.15) is 0 Å². The largest absolute Gasteiger partial charge is 0.323 e. The summed E-state index contributed by atoms with van der Waals surface area (Å²) in [6.07, 6.45) is 5.12. The van der Waals surface area contributed by atoms with Crippen molar-refractivity contribution < 1.29 is 4.79 Å². The van der Waals surface area contributed by atoms with Crippen LogP contribution in [0.25, 0.3) is 28.0 Å². The molecule has 162 valence electrons. The van der Waals surface area contributed by atoms with E-state index in [1.165, 1.54) is 11.8 Å². The average Bonchev–Trinajstić information content (AvgIpc) is 3.30. The van der Waals surface area contributed by atoms with Crippen molar-refractivity contribution >= 4 is 45.9 Å². The highest BCUT2D eigenvalue weighted by atomic mass is 35.5. The summed E-state index contributed by atoms with van der Waals surface area (Å²) in [5, 5.41) is 13.6. The van der Waals surface area contributed by atoms with Crippen LogP contribution in [0.5, 0.6) is 0 Å². The van der Waals surface area contributed by atoms with E-state index in [0.717, 1.165) is 16.6 Å². The summed E-state index contributed by atoms with van der Waals surface area (Å²) >= 11 is 7.56. The fourth-order valence-corrected chi connectivity index (χ4v) is 4.38. The molecule has 1 amide bonds. The van der Waals surface area contributed by atoms with E-state index >= 15 is 0 Å². The van der Waals surface area contributed by atoms with Crippen LogP contribution in [0.1, 0.15) is 0 Å². The predicted molar refractivity (Wildman–Crippen MR) is 131 cm³/mol. The third kappa shape index (κ3) is 4.44. The zero-order valence-electron chi connectivity index (χ0n) is 17.2. The van der Waals surface area contributed by atoms with E-state index in [-0.39, 0.29) is 11.7 Å². The van der Waals surface area contributed by atoms with Crippen LogP contribution in [0.15, 0.2) is 90.5 Å².